The summed E-state index contributed by atoms with van der Waals surface area (Å²) >= 11 is 0. The number of nitrogens with one attached hydrogen (secondary N) is 1. The van der Waals surface area contributed by atoms with Crippen LogP contribution in [0.1, 0.15) is 36.8 Å². The molecule has 0 unspecified atom stereocenters. The van der Waals surface area contributed by atoms with Gasteiger partial charge >= 0.3 is 0 Å². The van der Waals surface area contributed by atoms with Gasteiger partial charge in [-0.1, -0.05) is 6.07 Å². The van der Waals surface area contributed by atoms with Crippen LogP contribution in [0.2, 0.25) is 0 Å². The summed E-state index contributed by atoms with van der Waals surface area (Å²) in [4.78, 5) is 4.54. The highest BCUT2D eigenvalue weighted by atomic mass is 32.2. The molecule has 0 spiro atoms. The van der Waals surface area contributed by atoms with E-state index < -0.39 is 10.0 Å². The first-order valence-electron chi connectivity index (χ1n) is 9.13. The summed E-state index contributed by atoms with van der Waals surface area (Å²) in [6.45, 7) is 3.82. The number of nitrogens with zero attached hydrogens (tertiary/aromatic N) is 1. The number of aromatic nitrogens is 1. The Kier molecular flexibility index (Phi) is 6.01. The van der Waals surface area contributed by atoms with Gasteiger partial charge in [0.2, 0.25) is 15.9 Å². The molecule has 3 rings (SSSR count). The minimum Gasteiger partial charge on any atom is -0.496 e. The molecule has 2 aromatic rings. The van der Waals surface area contributed by atoms with Gasteiger partial charge in [0, 0.05) is 18.3 Å². The molecule has 0 amide bonds. The normalized spacial score (nSPS) is 20.3. The highest BCUT2D eigenvalue weighted by Crippen LogP contribution is 2.26. The van der Waals surface area contributed by atoms with Crippen LogP contribution in [0, 0.1) is 13.8 Å². The lowest BCUT2D eigenvalue weighted by Gasteiger charge is -2.29. The molecule has 0 atom stereocenters. The summed E-state index contributed by atoms with van der Waals surface area (Å²) < 4.78 is 39.3. The third kappa shape index (κ3) is 4.99. The Morgan fingerprint density at radius 3 is 2.41 bits per heavy atom. The summed E-state index contributed by atoms with van der Waals surface area (Å²) in [5.74, 6) is 1.30. The van der Waals surface area contributed by atoms with E-state index in [4.69, 9.17) is 9.47 Å². The number of rotatable bonds is 6. The zero-order chi connectivity index (χ0) is 19.4. The molecule has 1 N–H and O–H groups in total. The molecule has 1 aliphatic carbocycles. The molecule has 0 saturated heterocycles. The zero-order valence-corrected chi connectivity index (χ0v) is 16.8. The molecular formula is C20H26N2O4S. The first kappa shape index (κ1) is 19.6. The third-order valence-electron chi connectivity index (χ3n) is 4.84. The largest absolute Gasteiger partial charge is 0.496 e. The van der Waals surface area contributed by atoms with E-state index in [1.54, 1.807) is 31.5 Å². The van der Waals surface area contributed by atoms with Gasteiger partial charge in [0.1, 0.15) is 11.9 Å². The Morgan fingerprint density at radius 1 is 1.07 bits per heavy atom. The van der Waals surface area contributed by atoms with Gasteiger partial charge in [0.25, 0.3) is 0 Å². The lowest BCUT2D eigenvalue weighted by Crippen LogP contribution is -2.39. The number of aryl methyl sites for hydroxylation is 2. The molecule has 0 bridgehead atoms. The van der Waals surface area contributed by atoms with E-state index >= 15 is 0 Å². The van der Waals surface area contributed by atoms with Crippen LogP contribution in [0.25, 0.3) is 0 Å². The summed E-state index contributed by atoms with van der Waals surface area (Å²) in [5, 5.41) is 0. The molecule has 0 radical (unpaired) electrons. The van der Waals surface area contributed by atoms with Crippen molar-refractivity contribution in [2.75, 3.05) is 7.11 Å². The van der Waals surface area contributed by atoms with E-state index in [0.717, 1.165) is 36.8 Å². The Bertz CT molecular complexity index is 873. The van der Waals surface area contributed by atoms with Crippen molar-refractivity contribution in [1.82, 2.24) is 9.71 Å². The zero-order valence-electron chi connectivity index (χ0n) is 15.9. The number of pyridine rings is 1. The van der Waals surface area contributed by atoms with E-state index in [1.807, 2.05) is 26.0 Å². The van der Waals surface area contributed by atoms with Gasteiger partial charge in [-0.15, -0.1) is 0 Å². The van der Waals surface area contributed by atoms with Gasteiger partial charge in [-0.25, -0.2) is 18.1 Å². The van der Waals surface area contributed by atoms with Crippen LogP contribution in [-0.4, -0.2) is 32.7 Å². The molecule has 1 aromatic heterocycles. The lowest BCUT2D eigenvalue weighted by molar-refractivity contribution is 0.138. The standard InChI is InChI=1S/C20H26N2O4S/c1-14-4-11-20(21-13-14)26-17-7-5-16(6-8-17)22-27(23,24)18-9-10-19(25-3)15(2)12-18/h4,9-13,16-17,22H,5-8H2,1-3H3. The fourth-order valence-electron chi connectivity index (χ4n) is 3.30. The summed E-state index contributed by atoms with van der Waals surface area (Å²) in [6, 6.07) is 8.66. The molecule has 1 aliphatic rings. The molecule has 146 valence electrons. The van der Waals surface area contributed by atoms with Gasteiger partial charge in [-0.05, 0) is 68.9 Å². The Hall–Kier alpha value is -2.12. The van der Waals surface area contributed by atoms with Crippen LogP contribution >= 0.6 is 0 Å². The Morgan fingerprint density at radius 2 is 1.81 bits per heavy atom. The summed E-state index contributed by atoms with van der Waals surface area (Å²) in [7, 11) is -1.98. The van der Waals surface area contributed by atoms with Crippen LogP contribution in [0.4, 0.5) is 0 Å². The second-order valence-electron chi connectivity index (χ2n) is 7.02. The van der Waals surface area contributed by atoms with E-state index in [2.05, 4.69) is 9.71 Å². The molecular weight excluding hydrogens is 364 g/mol. The quantitative estimate of drug-likeness (QED) is 0.818. The monoisotopic (exact) mass is 390 g/mol. The van der Waals surface area contributed by atoms with Crippen LogP contribution < -0.4 is 14.2 Å². The number of ether oxygens (including phenoxy) is 2. The van der Waals surface area contributed by atoms with Crippen LogP contribution in [0.5, 0.6) is 11.6 Å². The molecule has 27 heavy (non-hydrogen) atoms. The van der Waals surface area contributed by atoms with Crippen LogP contribution in [0.15, 0.2) is 41.4 Å². The van der Waals surface area contributed by atoms with Crippen molar-refractivity contribution >= 4 is 10.0 Å². The second kappa shape index (κ2) is 8.27. The highest BCUT2D eigenvalue weighted by Gasteiger charge is 2.27. The second-order valence-corrected chi connectivity index (χ2v) is 8.73. The molecule has 7 heteroatoms. The molecule has 1 fully saturated rings. The fraction of sp³-hybridized carbons (Fsp3) is 0.450. The molecule has 0 aliphatic heterocycles. The van der Waals surface area contributed by atoms with Crippen molar-refractivity contribution in [2.24, 2.45) is 0 Å². The maximum atomic E-state index is 12.7. The Labute approximate surface area is 161 Å². The SMILES string of the molecule is COc1ccc(S(=O)(=O)NC2CCC(Oc3ccc(C)cn3)CC2)cc1C. The number of methoxy groups -OCH3 is 1. The van der Waals surface area contributed by atoms with E-state index in [1.165, 1.54) is 0 Å². The minimum absolute atomic E-state index is 0.0733. The topological polar surface area (TPSA) is 77.5 Å². The summed E-state index contributed by atoms with van der Waals surface area (Å²) in [6.07, 6.45) is 4.93. The predicted octanol–water partition coefficient (Wildman–Crippen LogP) is 3.38. The first-order valence-corrected chi connectivity index (χ1v) is 10.6. The maximum absolute atomic E-state index is 12.7. The average molecular weight is 391 g/mol. The first-order chi connectivity index (χ1) is 12.9. The van der Waals surface area contributed by atoms with E-state index in [-0.39, 0.29) is 17.0 Å². The van der Waals surface area contributed by atoms with Gasteiger partial charge in [-0.3, -0.25) is 0 Å². The fourth-order valence-corrected chi connectivity index (χ4v) is 4.69. The molecule has 1 saturated carbocycles. The van der Waals surface area contributed by atoms with Crippen molar-refractivity contribution in [3.05, 3.63) is 47.7 Å². The molecule has 1 heterocycles. The highest BCUT2D eigenvalue weighted by molar-refractivity contribution is 7.89. The van der Waals surface area contributed by atoms with Gasteiger partial charge < -0.3 is 9.47 Å². The van der Waals surface area contributed by atoms with Crippen molar-refractivity contribution in [1.29, 1.82) is 0 Å². The van der Waals surface area contributed by atoms with Crippen molar-refractivity contribution in [2.45, 2.75) is 56.6 Å². The van der Waals surface area contributed by atoms with Crippen LogP contribution in [-0.2, 0) is 10.0 Å². The van der Waals surface area contributed by atoms with E-state index in [9.17, 15) is 8.42 Å². The van der Waals surface area contributed by atoms with Crippen LogP contribution in [0.3, 0.4) is 0 Å². The average Bonchev–Trinajstić information content (AvgIpc) is 2.65. The number of hydrogen-bond donors (Lipinski definition) is 1. The maximum Gasteiger partial charge on any atom is 0.240 e. The number of sulfonamides is 1. The smallest absolute Gasteiger partial charge is 0.240 e. The number of benzene rings is 1. The minimum atomic E-state index is -3.55. The van der Waals surface area contributed by atoms with Crippen molar-refractivity contribution < 1.29 is 17.9 Å². The van der Waals surface area contributed by atoms with Gasteiger partial charge in [0.15, 0.2) is 0 Å². The van der Waals surface area contributed by atoms with E-state index in [0.29, 0.717) is 11.6 Å². The number of hydrogen-bond acceptors (Lipinski definition) is 5. The predicted molar refractivity (Wildman–Crippen MR) is 104 cm³/mol. The molecule has 1 aromatic carbocycles. The molecule has 6 nitrogen and oxygen atoms in total. The van der Waals surface area contributed by atoms with Crippen molar-refractivity contribution in [3.63, 3.8) is 0 Å². The summed E-state index contributed by atoms with van der Waals surface area (Å²) in [5.41, 5.74) is 1.89. The van der Waals surface area contributed by atoms with Crippen molar-refractivity contribution in [3.8, 4) is 11.6 Å². The van der Waals surface area contributed by atoms with Gasteiger partial charge in [0.05, 0.1) is 12.0 Å². The Balaban J connectivity index is 1.56. The third-order valence-corrected chi connectivity index (χ3v) is 6.36. The van der Waals surface area contributed by atoms with Gasteiger partial charge in [-0.2, -0.15) is 0 Å². The lowest BCUT2D eigenvalue weighted by atomic mass is 9.94.